The van der Waals surface area contributed by atoms with Crippen molar-refractivity contribution in [1.82, 2.24) is 0 Å². The van der Waals surface area contributed by atoms with Crippen molar-refractivity contribution in [3.63, 3.8) is 0 Å². The van der Waals surface area contributed by atoms with Crippen LogP contribution in [-0.4, -0.2) is 27.4 Å². The lowest BCUT2D eigenvalue weighted by Crippen LogP contribution is -2.41. The number of aromatic nitrogens is 2. The highest BCUT2D eigenvalue weighted by Crippen LogP contribution is 2.50. The van der Waals surface area contributed by atoms with Crippen LogP contribution in [0.2, 0.25) is 0 Å². The third-order valence-electron chi connectivity index (χ3n) is 5.81. The lowest BCUT2D eigenvalue weighted by atomic mass is 9.81. The number of fused-ring (bicyclic) bond motifs is 5. The van der Waals surface area contributed by atoms with Gasteiger partial charge in [-0.15, -0.1) is 4.39 Å². The third kappa shape index (κ3) is 2.99. The van der Waals surface area contributed by atoms with Crippen molar-refractivity contribution in [2.75, 3.05) is 27.4 Å². The number of methoxy groups -OCH3 is 2. The van der Waals surface area contributed by atoms with E-state index < -0.39 is 0 Å². The summed E-state index contributed by atoms with van der Waals surface area (Å²) in [5.74, 6) is -0.231. The summed E-state index contributed by atoms with van der Waals surface area (Å²) in [5.41, 5.74) is 4.33. The molecule has 4 rings (SSSR count). The summed E-state index contributed by atoms with van der Waals surface area (Å²) in [6.45, 7) is 6.93. The van der Waals surface area contributed by atoms with E-state index in [0.29, 0.717) is 19.8 Å². The molecule has 1 aliphatic rings. The summed E-state index contributed by atoms with van der Waals surface area (Å²) < 4.78 is 28.8. The number of halogens is 1. The summed E-state index contributed by atoms with van der Waals surface area (Å²) in [4.78, 5) is 0. The highest BCUT2D eigenvalue weighted by Gasteiger charge is 2.40. The van der Waals surface area contributed by atoms with Gasteiger partial charge in [-0.1, -0.05) is 19.9 Å². The average Bonchev–Trinajstić information content (AvgIpc) is 2.91. The van der Waals surface area contributed by atoms with Crippen LogP contribution in [0.25, 0.3) is 21.9 Å². The molecule has 1 aliphatic carbocycles. The number of benzene rings is 1. The molecule has 146 valence electrons. The quantitative estimate of drug-likeness (QED) is 0.484. The number of nitrogens with zero attached hydrogens (tertiary/aromatic N) is 2. The molecule has 0 unspecified atom stereocenters. The molecule has 0 spiro atoms. The van der Waals surface area contributed by atoms with Crippen LogP contribution in [-0.2, 0) is 28.0 Å². The van der Waals surface area contributed by atoms with Gasteiger partial charge in [0.25, 0.3) is 0 Å². The standard InChI is InChI=1S/C23H27FN2O2/c1-23(2)20-15-26(10-12-28-4)21(24)13-19(20)18-6-5-16-14-25(9-11-27-3)8-7-17(16)22(18)23/h5-8,13-15H,9-12H2,1-4H3/q+2. The van der Waals surface area contributed by atoms with Gasteiger partial charge in [0.05, 0.1) is 6.07 Å². The van der Waals surface area contributed by atoms with Gasteiger partial charge in [-0.25, -0.2) is 4.57 Å². The molecule has 0 radical (unpaired) electrons. The molecular weight excluding hydrogens is 355 g/mol. The zero-order valence-electron chi connectivity index (χ0n) is 17.0. The molecule has 0 fully saturated rings. The van der Waals surface area contributed by atoms with Gasteiger partial charge in [0.15, 0.2) is 31.7 Å². The van der Waals surface area contributed by atoms with Crippen LogP contribution in [0.4, 0.5) is 4.39 Å². The smallest absolute Gasteiger partial charge is 0.360 e. The highest BCUT2D eigenvalue weighted by molar-refractivity contribution is 5.96. The van der Waals surface area contributed by atoms with Gasteiger partial charge in [0.2, 0.25) is 0 Å². The van der Waals surface area contributed by atoms with Crippen molar-refractivity contribution >= 4 is 10.8 Å². The van der Waals surface area contributed by atoms with Crippen LogP contribution in [0.3, 0.4) is 0 Å². The molecule has 1 aromatic carbocycles. The zero-order valence-corrected chi connectivity index (χ0v) is 17.0. The van der Waals surface area contributed by atoms with Crippen molar-refractivity contribution in [2.45, 2.75) is 32.4 Å². The molecule has 4 nitrogen and oxygen atoms in total. The molecule has 5 heteroatoms. The molecule has 0 aliphatic heterocycles. The number of pyridine rings is 2. The first-order valence-electron chi connectivity index (χ1n) is 9.65. The van der Waals surface area contributed by atoms with Crippen LogP contribution in [0.1, 0.15) is 25.0 Å². The van der Waals surface area contributed by atoms with Gasteiger partial charge < -0.3 is 9.47 Å². The van der Waals surface area contributed by atoms with E-state index in [1.54, 1.807) is 24.9 Å². The van der Waals surface area contributed by atoms with Gasteiger partial charge >= 0.3 is 5.95 Å². The zero-order chi connectivity index (χ0) is 19.9. The number of ether oxygens (including phenoxy) is 2. The lowest BCUT2D eigenvalue weighted by molar-refractivity contribution is -0.725. The highest BCUT2D eigenvalue weighted by atomic mass is 19.1. The Hall–Kier alpha value is -2.37. The number of hydrogen-bond donors (Lipinski definition) is 0. The molecule has 3 aromatic rings. The van der Waals surface area contributed by atoms with E-state index in [9.17, 15) is 4.39 Å². The molecule has 0 saturated heterocycles. The van der Waals surface area contributed by atoms with E-state index in [-0.39, 0.29) is 11.4 Å². The summed E-state index contributed by atoms with van der Waals surface area (Å²) in [6, 6.07) is 8.11. The van der Waals surface area contributed by atoms with Gasteiger partial charge in [0, 0.05) is 42.2 Å². The molecule has 28 heavy (non-hydrogen) atoms. The van der Waals surface area contributed by atoms with E-state index in [0.717, 1.165) is 23.2 Å². The summed E-state index contributed by atoms with van der Waals surface area (Å²) >= 11 is 0. The maximum Gasteiger partial charge on any atom is 0.360 e. The van der Waals surface area contributed by atoms with Gasteiger partial charge in [-0.2, -0.15) is 4.57 Å². The van der Waals surface area contributed by atoms with E-state index in [2.05, 4.69) is 49.0 Å². The first-order valence-corrected chi connectivity index (χ1v) is 9.65. The van der Waals surface area contributed by atoms with E-state index in [4.69, 9.17) is 9.47 Å². The van der Waals surface area contributed by atoms with Crippen LogP contribution >= 0.6 is 0 Å². The van der Waals surface area contributed by atoms with Gasteiger partial charge in [-0.05, 0) is 22.6 Å². The minimum atomic E-state index is -0.231. The second kappa shape index (κ2) is 7.22. The van der Waals surface area contributed by atoms with Crippen molar-refractivity contribution in [2.24, 2.45) is 0 Å². The molecular formula is C23H27FN2O2+2. The van der Waals surface area contributed by atoms with Crippen LogP contribution in [0.15, 0.2) is 42.9 Å². The molecule has 0 saturated carbocycles. The first-order chi connectivity index (χ1) is 13.5. The minimum Gasteiger partial charge on any atom is -0.378 e. The third-order valence-corrected chi connectivity index (χ3v) is 5.81. The van der Waals surface area contributed by atoms with Crippen molar-refractivity contribution in [3.05, 3.63) is 59.9 Å². The molecule has 0 bridgehead atoms. The summed E-state index contributed by atoms with van der Waals surface area (Å²) in [5, 5.41) is 2.40. The maximum atomic E-state index is 14.7. The van der Waals surface area contributed by atoms with E-state index in [1.165, 1.54) is 16.3 Å². The van der Waals surface area contributed by atoms with E-state index in [1.807, 2.05) is 6.20 Å². The van der Waals surface area contributed by atoms with Crippen molar-refractivity contribution in [1.29, 1.82) is 0 Å². The number of hydrogen-bond acceptors (Lipinski definition) is 2. The predicted molar refractivity (Wildman–Crippen MR) is 106 cm³/mol. The Bertz CT molecular complexity index is 1050. The fourth-order valence-corrected chi connectivity index (χ4v) is 4.34. The minimum absolute atomic E-state index is 0.203. The molecule has 0 atom stereocenters. The van der Waals surface area contributed by atoms with Crippen LogP contribution in [0.5, 0.6) is 0 Å². The SMILES string of the molecule is COCC[n+]1ccc2c3c(ccc2c1)-c1cc(F)[n+](CCOC)cc1C3(C)C. The molecule has 2 heterocycles. The second-order valence-corrected chi connectivity index (χ2v) is 7.90. The maximum absolute atomic E-state index is 14.7. The van der Waals surface area contributed by atoms with Gasteiger partial charge in [-0.3, -0.25) is 0 Å². The fraction of sp³-hybridized carbons (Fsp3) is 0.391. The first kappa shape index (κ1) is 19.0. The Labute approximate surface area is 165 Å². The molecule has 0 amide bonds. The summed E-state index contributed by atoms with van der Waals surface area (Å²) in [6.07, 6.45) is 6.21. The Balaban J connectivity index is 1.85. The van der Waals surface area contributed by atoms with Crippen molar-refractivity contribution < 1.29 is 23.0 Å². The number of rotatable bonds is 6. The Morgan fingerprint density at radius 3 is 2.46 bits per heavy atom. The van der Waals surface area contributed by atoms with E-state index >= 15 is 0 Å². The van der Waals surface area contributed by atoms with Crippen LogP contribution in [0, 0.1) is 5.95 Å². The summed E-state index contributed by atoms with van der Waals surface area (Å²) in [7, 11) is 3.35. The Kier molecular flexibility index (Phi) is 4.89. The molecule has 0 N–H and O–H groups in total. The fourth-order valence-electron chi connectivity index (χ4n) is 4.34. The Morgan fingerprint density at radius 1 is 0.964 bits per heavy atom. The van der Waals surface area contributed by atoms with Crippen molar-refractivity contribution in [3.8, 4) is 11.1 Å². The average molecular weight is 382 g/mol. The largest absolute Gasteiger partial charge is 0.378 e. The normalized spacial score (nSPS) is 14.3. The monoisotopic (exact) mass is 382 g/mol. The second-order valence-electron chi connectivity index (χ2n) is 7.90. The topological polar surface area (TPSA) is 26.2 Å². The Morgan fingerprint density at radius 2 is 1.71 bits per heavy atom. The van der Waals surface area contributed by atoms with Gasteiger partial charge in [0.1, 0.15) is 13.2 Å². The van der Waals surface area contributed by atoms with Crippen LogP contribution < -0.4 is 9.13 Å². The lowest BCUT2D eigenvalue weighted by Gasteiger charge is -2.21. The molecule has 2 aromatic heterocycles. The predicted octanol–water partition coefficient (Wildman–Crippen LogP) is 3.15.